The van der Waals surface area contributed by atoms with E-state index in [0.717, 1.165) is 17.8 Å². The molecule has 0 radical (unpaired) electrons. The first-order valence-corrected chi connectivity index (χ1v) is 8.01. The van der Waals surface area contributed by atoms with Gasteiger partial charge in [-0.05, 0) is 29.8 Å². The summed E-state index contributed by atoms with van der Waals surface area (Å²) in [7, 11) is 3.46. The minimum Gasteiger partial charge on any atom is -0.378 e. The number of aromatic amines is 1. The molecule has 1 fully saturated rings. The number of carbonyl (C=O) groups is 1. The minimum atomic E-state index is -0.238. The van der Waals surface area contributed by atoms with E-state index in [0.29, 0.717) is 25.5 Å². The van der Waals surface area contributed by atoms with E-state index in [1.807, 2.05) is 12.1 Å². The van der Waals surface area contributed by atoms with Gasteiger partial charge in [0.1, 0.15) is 11.5 Å². The van der Waals surface area contributed by atoms with Crippen molar-refractivity contribution in [3.63, 3.8) is 0 Å². The molecule has 0 bridgehead atoms. The fraction of sp³-hybridized carbons (Fsp3) is 0.389. The van der Waals surface area contributed by atoms with Gasteiger partial charge >= 0.3 is 0 Å². The van der Waals surface area contributed by atoms with Crippen LogP contribution in [-0.2, 0) is 11.3 Å². The summed E-state index contributed by atoms with van der Waals surface area (Å²) < 4.78 is 18.8. The van der Waals surface area contributed by atoms with Crippen LogP contribution in [0, 0.1) is 5.82 Å². The second-order valence-electron chi connectivity index (χ2n) is 6.21. The number of nitrogens with zero attached hydrogens (tertiary/aromatic N) is 2. The van der Waals surface area contributed by atoms with Gasteiger partial charge in [-0.25, -0.2) is 4.39 Å². The molecule has 5 nitrogen and oxygen atoms in total. The van der Waals surface area contributed by atoms with E-state index in [1.165, 1.54) is 12.1 Å². The van der Waals surface area contributed by atoms with Gasteiger partial charge in [0, 0.05) is 32.9 Å². The molecular formula is C18H22FN3O2. The van der Waals surface area contributed by atoms with Crippen LogP contribution in [0.5, 0.6) is 0 Å². The molecule has 0 spiro atoms. The van der Waals surface area contributed by atoms with Crippen molar-refractivity contribution in [1.29, 1.82) is 0 Å². The molecular weight excluding hydrogens is 309 g/mol. The van der Waals surface area contributed by atoms with Crippen LogP contribution in [-0.4, -0.2) is 54.5 Å². The highest BCUT2D eigenvalue weighted by Gasteiger charge is 2.25. The molecule has 1 atom stereocenters. The van der Waals surface area contributed by atoms with Crippen LogP contribution in [0.1, 0.15) is 27.8 Å². The second-order valence-corrected chi connectivity index (χ2v) is 6.21. The number of aromatic nitrogens is 1. The van der Waals surface area contributed by atoms with Crippen LogP contribution in [0.25, 0.3) is 0 Å². The quantitative estimate of drug-likeness (QED) is 0.936. The molecule has 2 aromatic rings. The SMILES string of the molecule is CN(C)C(=O)c1ccc(CN2CCOCC2c2ccc(F)cc2)[nH]1. The lowest BCUT2D eigenvalue weighted by molar-refractivity contribution is -0.0132. The predicted molar refractivity (Wildman–Crippen MR) is 89.2 cm³/mol. The van der Waals surface area contributed by atoms with Crippen molar-refractivity contribution in [1.82, 2.24) is 14.8 Å². The van der Waals surface area contributed by atoms with Gasteiger partial charge in [-0.15, -0.1) is 0 Å². The molecule has 0 aliphatic carbocycles. The monoisotopic (exact) mass is 331 g/mol. The highest BCUT2D eigenvalue weighted by Crippen LogP contribution is 2.26. The van der Waals surface area contributed by atoms with Crippen molar-refractivity contribution in [3.8, 4) is 0 Å². The summed E-state index contributed by atoms with van der Waals surface area (Å²) in [6, 6.07) is 10.4. The third kappa shape index (κ3) is 3.66. The number of H-pyrrole nitrogens is 1. The molecule has 1 aromatic heterocycles. The van der Waals surface area contributed by atoms with E-state index in [4.69, 9.17) is 4.74 Å². The van der Waals surface area contributed by atoms with Crippen LogP contribution in [0.4, 0.5) is 4.39 Å². The lowest BCUT2D eigenvalue weighted by atomic mass is 10.0. The lowest BCUT2D eigenvalue weighted by Gasteiger charge is -2.35. The molecule has 1 aromatic carbocycles. The van der Waals surface area contributed by atoms with Gasteiger partial charge in [-0.1, -0.05) is 12.1 Å². The van der Waals surface area contributed by atoms with E-state index in [2.05, 4.69) is 9.88 Å². The number of rotatable bonds is 4. The highest BCUT2D eigenvalue weighted by atomic mass is 19.1. The van der Waals surface area contributed by atoms with E-state index in [9.17, 15) is 9.18 Å². The van der Waals surface area contributed by atoms with E-state index < -0.39 is 0 Å². The van der Waals surface area contributed by atoms with Gasteiger partial charge in [-0.3, -0.25) is 9.69 Å². The van der Waals surface area contributed by atoms with Gasteiger partial charge in [-0.2, -0.15) is 0 Å². The van der Waals surface area contributed by atoms with Crippen molar-refractivity contribution in [2.75, 3.05) is 33.9 Å². The number of nitrogens with one attached hydrogen (secondary N) is 1. The van der Waals surface area contributed by atoms with Crippen molar-refractivity contribution in [3.05, 3.63) is 59.2 Å². The number of hydrogen-bond donors (Lipinski definition) is 1. The van der Waals surface area contributed by atoms with E-state index >= 15 is 0 Å². The van der Waals surface area contributed by atoms with Gasteiger partial charge in [0.05, 0.1) is 19.3 Å². The maximum Gasteiger partial charge on any atom is 0.269 e. The fourth-order valence-electron chi connectivity index (χ4n) is 2.94. The second kappa shape index (κ2) is 7.15. The van der Waals surface area contributed by atoms with Crippen LogP contribution in [0.15, 0.2) is 36.4 Å². The summed E-state index contributed by atoms with van der Waals surface area (Å²) in [6.07, 6.45) is 0. The smallest absolute Gasteiger partial charge is 0.269 e. The first-order chi connectivity index (χ1) is 11.5. The van der Waals surface area contributed by atoms with Crippen LogP contribution >= 0.6 is 0 Å². The minimum absolute atomic E-state index is 0.0432. The molecule has 1 unspecified atom stereocenters. The Bertz CT molecular complexity index is 697. The number of amides is 1. The summed E-state index contributed by atoms with van der Waals surface area (Å²) in [4.78, 5) is 19.0. The zero-order chi connectivity index (χ0) is 17.1. The fourth-order valence-corrected chi connectivity index (χ4v) is 2.94. The summed E-state index contributed by atoms with van der Waals surface area (Å²) >= 11 is 0. The lowest BCUT2D eigenvalue weighted by Crippen LogP contribution is -2.39. The van der Waals surface area contributed by atoms with E-state index in [-0.39, 0.29) is 17.8 Å². The molecule has 0 saturated carbocycles. The molecule has 2 heterocycles. The van der Waals surface area contributed by atoms with Crippen LogP contribution in [0.2, 0.25) is 0 Å². The normalized spacial score (nSPS) is 18.5. The van der Waals surface area contributed by atoms with E-state index in [1.54, 1.807) is 31.1 Å². The molecule has 6 heteroatoms. The topological polar surface area (TPSA) is 48.6 Å². The summed E-state index contributed by atoms with van der Waals surface area (Å²) in [5.74, 6) is -0.281. The van der Waals surface area contributed by atoms with Gasteiger partial charge < -0.3 is 14.6 Å². The predicted octanol–water partition coefficient (Wildman–Crippen LogP) is 2.43. The molecule has 1 saturated heterocycles. The zero-order valence-electron chi connectivity index (χ0n) is 14.0. The first kappa shape index (κ1) is 16.7. The third-order valence-electron chi connectivity index (χ3n) is 4.25. The Labute approximate surface area is 141 Å². The number of halogens is 1. The molecule has 1 N–H and O–H groups in total. The highest BCUT2D eigenvalue weighted by molar-refractivity contribution is 5.92. The summed E-state index contributed by atoms with van der Waals surface area (Å²) in [5, 5.41) is 0. The molecule has 1 aliphatic rings. The Kier molecular flexibility index (Phi) is 4.97. The molecule has 24 heavy (non-hydrogen) atoms. The summed E-state index contributed by atoms with van der Waals surface area (Å²) in [6.45, 7) is 2.72. The van der Waals surface area contributed by atoms with Crippen LogP contribution < -0.4 is 0 Å². The largest absolute Gasteiger partial charge is 0.378 e. The van der Waals surface area contributed by atoms with Crippen molar-refractivity contribution in [2.45, 2.75) is 12.6 Å². The average molecular weight is 331 g/mol. The number of carbonyl (C=O) groups excluding carboxylic acids is 1. The maximum atomic E-state index is 13.2. The summed E-state index contributed by atoms with van der Waals surface area (Å²) in [5.41, 5.74) is 2.60. The standard InChI is InChI=1S/C18H22FN3O2/c1-21(2)18(23)16-8-7-15(20-16)11-22-9-10-24-12-17(22)13-3-5-14(19)6-4-13/h3-8,17,20H,9-12H2,1-2H3. The average Bonchev–Trinajstić information content (AvgIpc) is 3.04. The Morgan fingerprint density at radius 1 is 1.29 bits per heavy atom. The van der Waals surface area contributed by atoms with Gasteiger partial charge in [0.25, 0.3) is 5.91 Å². The number of morpholine rings is 1. The molecule has 3 rings (SSSR count). The van der Waals surface area contributed by atoms with Crippen molar-refractivity contribution in [2.24, 2.45) is 0 Å². The van der Waals surface area contributed by atoms with Gasteiger partial charge in [0.2, 0.25) is 0 Å². The Morgan fingerprint density at radius 2 is 2.04 bits per heavy atom. The Morgan fingerprint density at radius 3 is 2.75 bits per heavy atom. The number of hydrogen-bond acceptors (Lipinski definition) is 3. The Hall–Kier alpha value is -2.18. The molecule has 128 valence electrons. The first-order valence-electron chi connectivity index (χ1n) is 8.01. The van der Waals surface area contributed by atoms with Crippen LogP contribution in [0.3, 0.4) is 0 Å². The zero-order valence-corrected chi connectivity index (χ0v) is 14.0. The van der Waals surface area contributed by atoms with Crippen molar-refractivity contribution < 1.29 is 13.9 Å². The molecule has 1 aliphatic heterocycles. The van der Waals surface area contributed by atoms with Gasteiger partial charge in [0.15, 0.2) is 0 Å². The number of ether oxygens (including phenoxy) is 1. The Balaban J connectivity index is 1.74. The van der Waals surface area contributed by atoms with Crippen molar-refractivity contribution >= 4 is 5.91 Å². The third-order valence-corrected chi connectivity index (χ3v) is 4.25. The maximum absolute atomic E-state index is 13.2. The number of benzene rings is 1. The molecule has 1 amide bonds.